The van der Waals surface area contributed by atoms with Crippen molar-refractivity contribution in [2.75, 3.05) is 18.0 Å². The summed E-state index contributed by atoms with van der Waals surface area (Å²) < 4.78 is 0. The van der Waals surface area contributed by atoms with Gasteiger partial charge in [0, 0.05) is 30.9 Å². The highest BCUT2D eigenvalue weighted by atomic mass is 15.2. The molecule has 0 aromatic carbocycles. The Kier molecular flexibility index (Phi) is 4.00. The van der Waals surface area contributed by atoms with Gasteiger partial charge in [-0.1, -0.05) is 13.0 Å². The van der Waals surface area contributed by atoms with E-state index in [1.165, 1.54) is 18.4 Å². The van der Waals surface area contributed by atoms with Gasteiger partial charge in [-0.2, -0.15) is 0 Å². The number of nitrogens with two attached hydrogens (primary N) is 1. The molecule has 1 fully saturated rings. The fourth-order valence-corrected chi connectivity index (χ4v) is 2.19. The normalized spacial score (nSPS) is 16.9. The van der Waals surface area contributed by atoms with Gasteiger partial charge >= 0.3 is 0 Å². The molecule has 0 bridgehead atoms. The van der Waals surface area contributed by atoms with E-state index in [0.29, 0.717) is 0 Å². The lowest BCUT2D eigenvalue weighted by molar-refractivity contribution is 0.686. The first-order valence-electron chi connectivity index (χ1n) is 6.67. The zero-order chi connectivity index (χ0) is 12.3. The zero-order valence-corrected chi connectivity index (χ0v) is 10.9. The average molecular weight is 233 g/mol. The summed E-state index contributed by atoms with van der Waals surface area (Å²) in [4.78, 5) is 6.96. The zero-order valence-electron chi connectivity index (χ0n) is 10.9. The Bertz CT molecular complexity index is 358. The molecule has 0 saturated heterocycles. The smallest absolute Gasteiger partial charge is 0.133 e. The van der Waals surface area contributed by atoms with Crippen molar-refractivity contribution in [1.29, 1.82) is 0 Å². The lowest BCUT2D eigenvalue weighted by Crippen LogP contribution is -2.29. The van der Waals surface area contributed by atoms with Crippen molar-refractivity contribution in [1.82, 2.24) is 4.98 Å². The molecule has 0 aliphatic heterocycles. The fourth-order valence-electron chi connectivity index (χ4n) is 2.19. The molecule has 1 saturated carbocycles. The van der Waals surface area contributed by atoms with Gasteiger partial charge < -0.3 is 10.6 Å². The van der Waals surface area contributed by atoms with Crippen molar-refractivity contribution in [2.45, 2.75) is 39.2 Å². The molecule has 1 aliphatic rings. The van der Waals surface area contributed by atoms with Gasteiger partial charge in [0.25, 0.3) is 0 Å². The largest absolute Gasteiger partial charge is 0.356 e. The maximum absolute atomic E-state index is 6.03. The second kappa shape index (κ2) is 5.50. The molecular weight excluding hydrogens is 210 g/mol. The topological polar surface area (TPSA) is 42.2 Å². The first-order chi connectivity index (χ1) is 8.22. The Hall–Kier alpha value is -1.09. The minimum Gasteiger partial charge on any atom is -0.356 e. The van der Waals surface area contributed by atoms with Crippen LogP contribution in [0.1, 0.15) is 44.7 Å². The highest BCUT2D eigenvalue weighted by Gasteiger charge is 2.25. The summed E-state index contributed by atoms with van der Waals surface area (Å²) >= 11 is 0. The molecule has 2 rings (SSSR count). The second-order valence-corrected chi connectivity index (χ2v) is 5.09. The van der Waals surface area contributed by atoms with Crippen LogP contribution in [0.5, 0.6) is 0 Å². The summed E-state index contributed by atoms with van der Waals surface area (Å²) in [6.45, 7) is 6.47. The van der Waals surface area contributed by atoms with Crippen molar-refractivity contribution in [3.05, 3.63) is 23.9 Å². The number of nitrogens with zero attached hydrogens (tertiary/aromatic N) is 2. The lowest BCUT2D eigenvalue weighted by atomic mass is 10.1. The van der Waals surface area contributed by atoms with Crippen LogP contribution >= 0.6 is 0 Å². The summed E-state index contributed by atoms with van der Waals surface area (Å²) in [5.74, 6) is 1.97. The summed E-state index contributed by atoms with van der Waals surface area (Å²) in [5, 5.41) is 0. The standard InChI is InChI=1S/C14H23N3/c1-3-9-17(10-12-6-7-12)14-13(11(2)15)5-4-8-16-14/h4-5,8,11-12H,3,6-7,9-10,15H2,1-2H3/t11-/m1/s1. The summed E-state index contributed by atoms with van der Waals surface area (Å²) in [7, 11) is 0. The Morgan fingerprint density at radius 2 is 2.29 bits per heavy atom. The Labute approximate surface area is 104 Å². The number of anilines is 1. The van der Waals surface area contributed by atoms with E-state index in [1.807, 2.05) is 19.2 Å². The van der Waals surface area contributed by atoms with E-state index in [0.717, 1.165) is 31.2 Å². The van der Waals surface area contributed by atoms with Gasteiger partial charge in [0.2, 0.25) is 0 Å². The van der Waals surface area contributed by atoms with Crippen LogP contribution in [0.4, 0.5) is 5.82 Å². The third kappa shape index (κ3) is 3.19. The fraction of sp³-hybridized carbons (Fsp3) is 0.643. The molecule has 1 heterocycles. The van der Waals surface area contributed by atoms with E-state index in [-0.39, 0.29) is 6.04 Å². The van der Waals surface area contributed by atoms with Crippen molar-refractivity contribution in [2.24, 2.45) is 11.7 Å². The predicted molar refractivity (Wildman–Crippen MR) is 72.1 cm³/mol. The van der Waals surface area contributed by atoms with Gasteiger partial charge in [-0.25, -0.2) is 4.98 Å². The summed E-state index contributed by atoms with van der Waals surface area (Å²) in [6, 6.07) is 4.13. The summed E-state index contributed by atoms with van der Waals surface area (Å²) in [5.41, 5.74) is 7.20. The average Bonchev–Trinajstić information content (AvgIpc) is 3.12. The van der Waals surface area contributed by atoms with Crippen LogP contribution in [-0.2, 0) is 0 Å². The van der Waals surface area contributed by atoms with Crippen molar-refractivity contribution in [3.8, 4) is 0 Å². The summed E-state index contributed by atoms with van der Waals surface area (Å²) in [6.07, 6.45) is 5.78. The lowest BCUT2D eigenvalue weighted by Gasteiger charge is -2.26. The number of hydrogen-bond donors (Lipinski definition) is 1. The highest BCUT2D eigenvalue weighted by molar-refractivity contribution is 5.48. The van der Waals surface area contributed by atoms with E-state index in [1.54, 1.807) is 0 Å². The molecule has 0 radical (unpaired) electrons. The van der Waals surface area contributed by atoms with Crippen LogP contribution in [-0.4, -0.2) is 18.1 Å². The van der Waals surface area contributed by atoms with Crippen LogP contribution in [0.2, 0.25) is 0 Å². The van der Waals surface area contributed by atoms with E-state index < -0.39 is 0 Å². The van der Waals surface area contributed by atoms with E-state index in [9.17, 15) is 0 Å². The van der Waals surface area contributed by atoms with E-state index in [4.69, 9.17) is 5.73 Å². The molecule has 3 heteroatoms. The highest BCUT2D eigenvalue weighted by Crippen LogP contribution is 2.32. The monoisotopic (exact) mass is 233 g/mol. The number of hydrogen-bond acceptors (Lipinski definition) is 3. The molecule has 2 N–H and O–H groups in total. The van der Waals surface area contributed by atoms with Gasteiger partial charge in [-0.15, -0.1) is 0 Å². The molecule has 1 atom stereocenters. The van der Waals surface area contributed by atoms with Gasteiger partial charge in [0.1, 0.15) is 5.82 Å². The van der Waals surface area contributed by atoms with Gasteiger partial charge in [0.05, 0.1) is 0 Å². The van der Waals surface area contributed by atoms with Crippen LogP contribution in [0.3, 0.4) is 0 Å². The van der Waals surface area contributed by atoms with Crippen molar-refractivity contribution >= 4 is 5.82 Å². The van der Waals surface area contributed by atoms with E-state index in [2.05, 4.69) is 22.9 Å². The van der Waals surface area contributed by atoms with Gasteiger partial charge in [-0.3, -0.25) is 0 Å². The molecule has 1 aromatic heterocycles. The minimum atomic E-state index is 0.0530. The first-order valence-corrected chi connectivity index (χ1v) is 6.67. The van der Waals surface area contributed by atoms with E-state index >= 15 is 0 Å². The quantitative estimate of drug-likeness (QED) is 0.821. The van der Waals surface area contributed by atoms with Crippen LogP contribution in [0.25, 0.3) is 0 Å². The Morgan fingerprint density at radius 3 is 2.88 bits per heavy atom. The number of pyridine rings is 1. The second-order valence-electron chi connectivity index (χ2n) is 5.09. The SMILES string of the molecule is CCCN(CC1CC1)c1ncccc1[C@@H](C)N. The van der Waals surface area contributed by atoms with Gasteiger partial charge in [-0.05, 0) is 38.2 Å². The third-order valence-electron chi connectivity index (χ3n) is 3.28. The first kappa shape index (κ1) is 12.4. The van der Waals surface area contributed by atoms with Crippen LogP contribution in [0, 0.1) is 5.92 Å². The Balaban J connectivity index is 2.20. The Morgan fingerprint density at radius 1 is 1.53 bits per heavy atom. The molecule has 3 nitrogen and oxygen atoms in total. The van der Waals surface area contributed by atoms with Gasteiger partial charge in [0.15, 0.2) is 0 Å². The third-order valence-corrected chi connectivity index (χ3v) is 3.28. The minimum absolute atomic E-state index is 0.0530. The number of rotatable bonds is 6. The number of aromatic nitrogens is 1. The molecule has 17 heavy (non-hydrogen) atoms. The van der Waals surface area contributed by atoms with Crippen molar-refractivity contribution < 1.29 is 0 Å². The molecule has 94 valence electrons. The molecule has 1 aliphatic carbocycles. The van der Waals surface area contributed by atoms with Crippen LogP contribution < -0.4 is 10.6 Å². The maximum Gasteiger partial charge on any atom is 0.133 e. The molecule has 1 aromatic rings. The predicted octanol–water partition coefficient (Wildman–Crippen LogP) is 2.73. The maximum atomic E-state index is 6.03. The molecule has 0 amide bonds. The molecule has 0 spiro atoms. The molecule has 0 unspecified atom stereocenters. The molecular formula is C14H23N3. The van der Waals surface area contributed by atoms with Crippen LogP contribution in [0.15, 0.2) is 18.3 Å². The van der Waals surface area contributed by atoms with Crippen molar-refractivity contribution in [3.63, 3.8) is 0 Å².